The van der Waals surface area contributed by atoms with Crippen LogP contribution in [0.4, 0.5) is 0 Å². The molecule has 1 unspecified atom stereocenters. The van der Waals surface area contributed by atoms with Crippen LogP contribution in [-0.4, -0.2) is 5.00 Å². The molecule has 9 heavy (non-hydrogen) atoms. The van der Waals surface area contributed by atoms with Crippen LogP contribution in [0, 0.1) is 0 Å². The van der Waals surface area contributed by atoms with Crippen molar-refractivity contribution in [1.29, 1.82) is 0 Å². The van der Waals surface area contributed by atoms with Crippen molar-refractivity contribution < 1.29 is 0 Å². The van der Waals surface area contributed by atoms with E-state index in [0.717, 1.165) is 5.70 Å². The average Bonchev–Trinajstić information content (AvgIpc) is 1.60. The molecule has 0 saturated heterocycles. The molecule has 2 nitrogen and oxygen atoms in total. The minimum absolute atomic E-state index is 0.533. The summed E-state index contributed by atoms with van der Waals surface area (Å²) in [7, 11) is 0. The molecule has 0 aromatic heterocycles. The maximum Gasteiger partial charge on any atom is 0.115 e. The molecule has 0 radical (unpaired) electrons. The van der Waals surface area contributed by atoms with Gasteiger partial charge in [-0.2, -0.15) is 0 Å². The Labute approximate surface area is 59.2 Å². The number of nitrogens with two attached hydrogens (primary N) is 2. The zero-order valence-corrected chi connectivity index (χ0v) is 5.73. The van der Waals surface area contributed by atoms with E-state index in [2.05, 4.69) is 0 Å². The first-order valence-corrected chi connectivity index (χ1v) is 3.10. The Bertz CT molecular complexity index is 170. The van der Waals surface area contributed by atoms with Crippen molar-refractivity contribution >= 4 is 11.6 Å². The molecule has 1 aliphatic rings. The molecule has 0 fully saturated rings. The molecule has 4 N–H and O–H groups in total. The molecule has 1 atom stereocenters. The lowest BCUT2D eigenvalue weighted by molar-refractivity contribution is 0.709. The second kappa shape index (κ2) is 2.05. The molecular weight excluding hydrogens is 136 g/mol. The van der Waals surface area contributed by atoms with Gasteiger partial charge in [0.1, 0.15) is 5.00 Å². The summed E-state index contributed by atoms with van der Waals surface area (Å²) in [4.78, 5) is -0.751. The van der Waals surface area contributed by atoms with Crippen LogP contribution in [0.2, 0.25) is 0 Å². The highest BCUT2D eigenvalue weighted by Crippen LogP contribution is 2.20. The first-order chi connectivity index (χ1) is 4.10. The number of alkyl halides is 1. The lowest BCUT2D eigenvalue weighted by Crippen LogP contribution is -2.33. The van der Waals surface area contributed by atoms with Crippen molar-refractivity contribution in [3.63, 3.8) is 0 Å². The Kier molecular flexibility index (Phi) is 1.51. The topological polar surface area (TPSA) is 52.0 Å². The van der Waals surface area contributed by atoms with E-state index in [1.54, 1.807) is 18.2 Å². The third kappa shape index (κ3) is 1.73. The van der Waals surface area contributed by atoms with Crippen molar-refractivity contribution in [1.82, 2.24) is 0 Å². The normalized spacial score (nSPS) is 34.2. The predicted molar refractivity (Wildman–Crippen MR) is 38.8 cm³/mol. The summed E-state index contributed by atoms with van der Waals surface area (Å²) in [6.07, 6.45) is 5.83. The molecule has 3 heteroatoms. The number of rotatable bonds is 0. The third-order valence-corrected chi connectivity index (χ3v) is 1.42. The summed E-state index contributed by atoms with van der Waals surface area (Å²) < 4.78 is 0. The molecule has 0 amide bonds. The van der Waals surface area contributed by atoms with Gasteiger partial charge in [-0.25, -0.2) is 0 Å². The third-order valence-electron chi connectivity index (χ3n) is 1.16. The van der Waals surface area contributed by atoms with E-state index in [1.165, 1.54) is 0 Å². The fourth-order valence-corrected chi connectivity index (χ4v) is 0.989. The lowest BCUT2D eigenvalue weighted by Gasteiger charge is -2.19. The minimum atomic E-state index is -0.751. The van der Waals surface area contributed by atoms with E-state index in [-0.39, 0.29) is 0 Å². The quantitative estimate of drug-likeness (QED) is 0.388. The van der Waals surface area contributed by atoms with Gasteiger partial charge in [-0.05, 0) is 12.2 Å². The van der Waals surface area contributed by atoms with Gasteiger partial charge in [0.05, 0.1) is 0 Å². The maximum atomic E-state index is 5.74. The van der Waals surface area contributed by atoms with Crippen LogP contribution >= 0.6 is 11.6 Å². The minimum Gasteiger partial charge on any atom is -0.402 e. The first kappa shape index (κ1) is 6.65. The van der Waals surface area contributed by atoms with Gasteiger partial charge < -0.3 is 11.5 Å². The molecule has 0 aromatic rings. The van der Waals surface area contributed by atoms with Gasteiger partial charge in [0.2, 0.25) is 0 Å². The van der Waals surface area contributed by atoms with Crippen molar-refractivity contribution in [2.75, 3.05) is 0 Å². The zero-order valence-electron chi connectivity index (χ0n) is 4.97. The first-order valence-electron chi connectivity index (χ1n) is 2.72. The van der Waals surface area contributed by atoms with Crippen LogP contribution in [0.15, 0.2) is 23.9 Å². The second-order valence-corrected chi connectivity index (χ2v) is 2.91. The lowest BCUT2D eigenvalue weighted by atomic mass is 10.1. The summed E-state index contributed by atoms with van der Waals surface area (Å²) in [5.74, 6) is 0. The largest absolute Gasteiger partial charge is 0.402 e. The Morgan fingerprint density at radius 2 is 2.33 bits per heavy atom. The molecular formula is C6H9ClN2. The van der Waals surface area contributed by atoms with Gasteiger partial charge in [0, 0.05) is 12.1 Å². The molecule has 0 bridgehead atoms. The van der Waals surface area contributed by atoms with E-state index in [9.17, 15) is 0 Å². The molecule has 0 heterocycles. The molecule has 0 aromatic carbocycles. The summed E-state index contributed by atoms with van der Waals surface area (Å²) >= 11 is 5.74. The highest BCUT2D eigenvalue weighted by atomic mass is 35.5. The Morgan fingerprint density at radius 1 is 1.67 bits per heavy atom. The van der Waals surface area contributed by atoms with Crippen LogP contribution in [0.3, 0.4) is 0 Å². The van der Waals surface area contributed by atoms with Crippen LogP contribution in [0.25, 0.3) is 0 Å². The van der Waals surface area contributed by atoms with E-state index in [1.807, 2.05) is 0 Å². The summed E-state index contributed by atoms with van der Waals surface area (Å²) in [5.41, 5.74) is 11.7. The smallest absolute Gasteiger partial charge is 0.115 e. The van der Waals surface area contributed by atoms with Gasteiger partial charge in [-0.3, -0.25) is 0 Å². The van der Waals surface area contributed by atoms with E-state index < -0.39 is 5.00 Å². The molecule has 0 saturated carbocycles. The fourth-order valence-electron chi connectivity index (χ4n) is 0.762. The Balaban J connectivity index is 2.73. The molecule has 1 rings (SSSR count). The zero-order chi connectivity index (χ0) is 6.91. The van der Waals surface area contributed by atoms with Gasteiger partial charge in [-0.15, -0.1) is 0 Å². The van der Waals surface area contributed by atoms with Crippen LogP contribution in [0.5, 0.6) is 0 Å². The highest BCUT2D eigenvalue weighted by molar-refractivity contribution is 6.25. The van der Waals surface area contributed by atoms with E-state index in [4.69, 9.17) is 23.1 Å². The predicted octanol–water partition coefficient (Wildman–Crippen LogP) is 0.683. The Morgan fingerprint density at radius 3 is 2.67 bits per heavy atom. The standard InChI is InChI=1S/C6H9ClN2/c7-6(9)3-1-2-5(8)4-6/h1-3H,4,8-9H2. The number of allylic oxidation sites excluding steroid dienone is 2. The SMILES string of the molecule is NC1=CC=CC(N)(Cl)C1. The Hall–Kier alpha value is -0.470. The maximum absolute atomic E-state index is 5.74. The van der Waals surface area contributed by atoms with E-state index >= 15 is 0 Å². The summed E-state index contributed by atoms with van der Waals surface area (Å²) in [6.45, 7) is 0. The second-order valence-electron chi connectivity index (χ2n) is 2.20. The van der Waals surface area contributed by atoms with Gasteiger partial charge in [0.15, 0.2) is 0 Å². The molecule has 0 spiro atoms. The van der Waals surface area contributed by atoms with Crippen molar-refractivity contribution in [3.05, 3.63) is 23.9 Å². The van der Waals surface area contributed by atoms with Crippen LogP contribution in [-0.2, 0) is 0 Å². The molecule has 0 aliphatic heterocycles. The van der Waals surface area contributed by atoms with Gasteiger partial charge in [0.25, 0.3) is 0 Å². The molecule has 50 valence electrons. The number of hydrogen-bond acceptors (Lipinski definition) is 2. The number of halogens is 1. The van der Waals surface area contributed by atoms with Gasteiger partial charge in [-0.1, -0.05) is 17.7 Å². The van der Waals surface area contributed by atoms with E-state index in [0.29, 0.717) is 6.42 Å². The summed E-state index contributed by atoms with van der Waals surface area (Å²) in [5, 5.41) is 0. The fraction of sp³-hybridized carbons (Fsp3) is 0.333. The average molecular weight is 145 g/mol. The molecule has 1 aliphatic carbocycles. The van der Waals surface area contributed by atoms with Crippen LogP contribution in [0.1, 0.15) is 6.42 Å². The summed E-state index contributed by atoms with van der Waals surface area (Å²) in [6, 6.07) is 0. The van der Waals surface area contributed by atoms with Gasteiger partial charge >= 0.3 is 0 Å². The van der Waals surface area contributed by atoms with Crippen molar-refractivity contribution in [2.45, 2.75) is 11.4 Å². The number of hydrogen-bond donors (Lipinski definition) is 2. The van der Waals surface area contributed by atoms with Crippen molar-refractivity contribution in [2.24, 2.45) is 11.5 Å². The monoisotopic (exact) mass is 144 g/mol. The highest BCUT2D eigenvalue weighted by Gasteiger charge is 2.19. The van der Waals surface area contributed by atoms with Crippen molar-refractivity contribution in [3.8, 4) is 0 Å². The van der Waals surface area contributed by atoms with Crippen LogP contribution < -0.4 is 11.5 Å².